The zero-order valence-electron chi connectivity index (χ0n) is 19.8. The van der Waals surface area contributed by atoms with Gasteiger partial charge in [0.05, 0.1) is 17.4 Å². The van der Waals surface area contributed by atoms with Crippen LogP contribution >= 0.6 is 0 Å². The largest absolute Gasteiger partial charge is 0.335 e. The van der Waals surface area contributed by atoms with Crippen LogP contribution in [0.2, 0.25) is 0 Å². The third-order valence-electron chi connectivity index (χ3n) is 6.68. The average Bonchev–Trinajstić information content (AvgIpc) is 3.55. The van der Waals surface area contributed by atoms with Crippen molar-refractivity contribution in [1.82, 2.24) is 30.1 Å². The lowest BCUT2D eigenvalue weighted by Gasteiger charge is -2.07. The molecule has 0 bridgehead atoms. The maximum atomic E-state index is 15.2. The van der Waals surface area contributed by atoms with E-state index in [2.05, 4.69) is 35.5 Å². The Hall–Kier alpha value is -4.99. The molecule has 0 spiro atoms. The van der Waals surface area contributed by atoms with Gasteiger partial charge in [-0.1, -0.05) is 12.1 Å². The van der Waals surface area contributed by atoms with Gasteiger partial charge in [-0.15, -0.1) is 0 Å². The van der Waals surface area contributed by atoms with Crippen LogP contribution in [-0.2, 0) is 4.79 Å². The van der Waals surface area contributed by atoms with Gasteiger partial charge >= 0.3 is 0 Å². The molecule has 186 valence electrons. The molecule has 1 amide bonds. The van der Waals surface area contributed by atoms with Crippen LogP contribution in [0.25, 0.3) is 55.8 Å². The van der Waals surface area contributed by atoms with Crippen molar-refractivity contribution >= 4 is 33.7 Å². The first-order chi connectivity index (χ1) is 18.5. The second-order valence-corrected chi connectivity index (χ2v) is 9.33. The normalized spacial score (nSPS) is 13.3. The minimum absolute atomic E-state index is 0.0267. The summed E-state index contributed by atoms with van der Waals surface area (Å²) in [5.74, 6) is -0.362. The van der Waals surface area contributed by atoms with E-state index < -0.39 is 5.82 Å². The number of carbonyl (C=O) groups excluding carboxylic acids is 1. The van der Waals surface area contributed by atoms with Gasteiger partial charge in [-0.05, 0) is 60.4 Å². The number of nitrogens with zero attached hydrogens (tertiary/aromatic N) is 4. The van der Waals surface area contributed by atoms with Crippen LogP contribution in [0.1, 0.15) is 12.8 Å². The fraction of sp³-hybridized carbons (Fsp3) is 0.107. The fourth-order valence-electron chi connectivity index (χ4n) is 4.58. The van der Waals surface area contributed by atoms with Gasteiger partial charge in [-0.25, -0.2) is 18.7 Å². The van der Waals surface area contributed by atoms with E-state index in [0.29, 0.717) is 44.9 Å². The second-order valence-electron chi connectivity index (χ2n) is 9.33. The molecular weight excluding hydrogens is 488 g/mol. The Morgan fingerprint density at radius 3 is 2.63 bits per heavy atom. The molecule has 1 aliphatic rings. The topological polar surface area (TPSA) is 112 Å². The minimum Gasteiger partial charge on any atom is -0.335 e. The molecule has 8 nitrogen and oxygen atoms in total. The first kappa shape index (κ1) is 22.2. The van der Waals surface area contributed by atoms with Crippen LogP contribution in [0, 0.1) is 17.6 Å². The van der Waals surface area contributed by atoms with E-state index in [1.807, 2.05) is 12.1 Å². The first-order valence-corrected chi connectivity index (χ1v) is 12.1. The van der Waals surface area contributed by atoms with Gasteiger partial charge in [-0.2, -0.15) is 5.10 Å². The second kappa shape index (κ2) is 8.55. The molecule has 3 N–H and O–H groups in total. The molecule has 0 radical (unpaired) electrons. The Balaban J connectivity index is 1.31. The van der Waals surface area contributed by atoms with Crippen LogP contribution in [0.5, 0.6) is 0 Å². The molecule has 38 heavy (non-hydrogen) atoms. The summed E-state index contributed by atoms with van der Waals surface area (Å²) in [5.41, 5.74) is 5.19. The zero-order valence-corrected chi connectivity index (χ0v) is 19.8. The molecule has 2 aromatic carbocycles. The highest BCUT2D eigenvalue weighted by atomic mass is 19.1. The Morgan fingerprint density at radius 2 is 1.82 bits per heavy atom. The number of aromatic amines is 2. The number of pyridine rings is 2. The predicted octanol–water partition coefficient (Wildman–Crippen LogP) is 5.86. The van der Waals surface area contributed by atoms with E-state index in [9.17, 15) is 9.18 Å². The summed E-state index contributed by atoms with van der Waals surface area (Å²) in [6.07, 6.45) is 6.62. The van der Waals surface area contributed by atoms with Gasteiger partial charge in [0.1, 0.15) is 17.0 Å². The summed E-state index contributed by atoms with van der Waals surface area (Å²) in [5, 5.41) is 10.5. The number of benzene rings is 2. The molecule has 1 fully saturated rings. The molecule has 7 rings (SSSR count). The third-order valence-corrected chi connectivity index (χ3v) is 6.68. The Kier molecular flexibility index (Phi) is 5.00. The third kappa shape index (κ3) is 3.86. The van der Waals surface area contributed by atoms with Crippen LogP contribution in [0.15, 0.2) is 67.1 Å². The van der Waals surface area contributed by atoms with Crippen molar-refractivity contribution in [3.05, 3.63) is 78.8 Å². The lowest BCUT2D eigenvalue weighted by molar-refractivity contribution is -0.117. The number of aromatic nitrogens is 6. The Bertz CT molecular complexity index is 1860. The summed E-state index contributed by atoms with van der Waals surface area (Å²) in [4.78, 5) is 28.7. The molecule has 1 saturated carbocycles. The number of fused-ring (bicyclic) bond motifs is 2. The highest BCUT2D eigenvalue weighted by Gasteiger charge is 2.29. The van der Waals surface area contributed by atoms with Crippen LogP contribution in [0.4, 0.5) is 14.5 Å². The van der Waals surface area contributed by atoms with Gasteiger partial charge in [0.15, 0.2) is 17.3 Å². The van der Waals surface area contributed by atoms with Crippen LogP contribution < -0.4 is 5.32 Å². The standard InChI is InChI=1S/C28H19F2N7O/c29-18-5-3-14(4-6-18)20-7-8-32-26-24(20)34-27(35-26)25-21-10-16(11-22(30)23(21)36-37-25)17-9-19(13-31-12-17)33-28(38)15-1-2-15/h3-13,15H,1-2H2,(H,33,38)(H,36,37)(H,32,34,35). The molecular formula is C28H19F2N7O. The van der Waals surface area contributed by atoms with Crippen molar-refractivity contribution in [1.29, 1.82) is 0 Å². The molecule has 4 heterocycles. The average molecular weight is 508 g/mol. The van der Waals surface area contributed by atoms with E-state index in [4.69, 9.17) is 0 Å². The van der Waals surface area contributed by atoms with Crippen molar-refractivity contribution in [3.63, 3.8) is 0 Å². The lowest BCUT2D eigenvalue weighted by Crippen LogP contribution is -2.13. The molecule has 1 aliphatic carbocycles. The lowest BCUT2D eigenvalue weighted by atomic mass is 10.0. The summed E-state index contributed by atoms with van der Waals surface area (Å²) >= 11 is 0. The van der Waals surface area contributed by atoms with Crippen molar-refractivity contribution in [2.75, 3.05) is 5.32 Å². The van der Waals surface area contributed by atoms with E-state index in [1.165, 1.54) is 18.2 Å². The highest BCUT2D eigenvalue weighted by Crippen LogP contribution is 2.35. The number of hydrogen-bond donors (Lipinski definition) is 3. The number of halogens is 2. The smallest absolute Gasteiger partial charge is 0.227 e. The number of nitrogens with one attached hydrogen (secondary N) is 3. The van der Waals surface area contributed by atoms with E-state index in [-0.39, 0.29) is 23.2 Å². The minimum atomic E-state index is -0.506. The van der Waals surface area contributed by atoms with Crippen molar-refractivity contribution < 1.29 is 13.6 Å². The Morgan fingerprint density at radius 1 is 0.974 bits per heavy atom. The number of H-pyrrole nitrogens is 2. The number of imidazole rings is 1. The number of hydrogen-bond acceptors (Lipinski definition) is 5. The molecule has 0 atom stereocenters. The summed E-state index contributed by atoms with van der Waals surface area (Å²) in [6.45, 7) is 0. The molecule has 0 aliphatic heterocycles. The highest BCUT2D eigenvalue weighted by molar-refractivity contribution is 5.98. The van der Waals surface area contributed by atoms with Crippen molar-refractivity contribution in [2.45, 2.75) is 12.8 Å². The number of carbonyl (C=O) groups is 1. The van der Waals surface area contributed by atoms with Gasteiger partial charge in [0, 0.05) is 34.8 Å². The predicted molar refractivity (Wildman–Crippen MR) is 139 cm³/mol. The van der Waals surface area contributed by atoms with Gasteiger partial charge < -0.3 is 10.3 Å². The summed E-state index contributed by atoms with van der Waals surface area (Å²) in [6, 6.07) is 13.0. The monoisotopic (exact) mass is 507 g/mol. The van der Waals surface area contributed by atoms with Crippen molar-refractivity contribution in [3.8, 4) is 33.8 Å². The fourth-order valence-corrected chi connectivity index (χ4v) is 4.58. The number of anilines is 1. The maximum absolute atomic E-state index is 15.2. The van der Waals surface area contributed by atoms with Gasteiger partial charge in [-0.3, -0.25) is 14.9 Å². The molecule has 0 unspecified atom stereocenters. The quantitative estimate of drug-likeness (QED) is 0.271. The number of amides is 1. The SMILES string of the molecule is O=C(Nc1cncc(-c2cc(F)c3n[nH]c(-c4nc5nccc(-c6ccc(F)cc6)c5[nH]4)c3c2)c1)C1CC1. The van der Waals surface area contributed by atoms with E-state index in [1.54, 1.807) is 36.8 Å². The molecule has 6 aromatic rings. The Labute approximate surface area is 214 Å². The van der Waals surface area contributed by atoms with Crippen LogP contribution in [-0.4, -0.2) is 36.0 Å². The molecule has 4 aromatic heterocycles. The first-order valence-electron chi connectivity index (χ1n) is 12.1. The van der Waals surface area contributed by atoms with E-state index >= 15 is 4.39 Å². The van der Waals surface area contributed by atoms with Gasteiger partial charge in [0.2, 0.25) is 5.91 Å². The van der Waals surface area contributed by atoms with Gasteiger partial charge in [0.25, 0.3) is 0 Å². The zero-order chi connectivity index (χ0) is 25.8. The molecule has 0 saturated heterocycles. The van der Waals surface area contributed by atoms with Crippen LogP contribution in [0.3, 0.4) is 0 Å². The van der Waals surface area contributed by atoms with Crippen molar-refractivity contribution in [2.24, 2.45) is 5.92 Å². The summed E-state index contributed by atoms with van der Waals surface area (Å²) in [7, 11) is 0. The van der Waals surface area contributed by atoms with E-state index in [0.717, 1.165) is 24.0 Å². The maximum Gasteiger partial charge on any atom is 0.227 e. The summed E-state index contributed by atoms with van der Waals surface area (Å²) < 4.78 is 28.6. The molecule has 10 heteroatoms. The number of rotatable bonds is 5.